The lowest BCUT2D eigenvalue weighted by atomic mass is 10.1. The number of sulfonamides is 1. The van der Waals surface area contributed by atoms with Crippen LogP contribution in [0.4, 0.5) is 15.8 Å². The van der Waals surface area contributed by atoms with Gasteiger partial charge in [0.2, 0.25) is 5.91 Å². The number of benzene rings is 4. The highest BCUT2D eigenvalue weighted by Gasteiger charge is 2.35. The largest absolute Gasteiger partial charge is 0.292 e. The Kier molecular flexibility index (Phi) is 5.55. The average Bonchev–Trinajstić information content (AvgIpc) is 3.20. The van der Waals surface area contributed by atoms with Gasteiger partial charge in [0.25, 0.3) is 10.0 Å². The molecule has 5 rings (SSSR count). The molecule has 5 nitrogen and oxygen atoms in total. The van der Waals surface area contributed by atoms with Crippen LogP contribution in [0.15, 0.2) is 95.9 Å². The molecular formula is C25H19FN2O3S2. The van der Waals surface area contributed by atoms with Crippen molar-refractivity contribution in [1.82, 2.24) is 0 Å². The number of hydrogen-bond acceptors (Lipinski definition) is 4. The maximum absolute atomic E-state index is 14.4. The highest BCUT2D eigenvalue weighted by atomic mass is 32.2. The molecule has 1 atom stereocenters. The molecule has 1 aliphatic rings. The summed E-state index contributed by atoms with van der Waals surface area (Å²) in [6.45, 7) is 0. The van der Waals surface area contributed by atoms with Crippen molar-refractivity contribution in [2.24, 2.45) is 0 Å². The number of para-hydroxylation sites is 1. The van der Waals surface area contributed by atoms with E-state index in [9.17, 15) is 17.6 Å². The Morgan fingerprint density at radius 1 is 0.879 bits per heavy atom. The Morgan fingerprint density at radius 2 is 1.64 bits per heavy atom. The molecular weight excluding hydrogens is 459 g/mol. The van der Waals surface area contributed by atoms with E-state index in [1.807, 2.05) is 24.3 Å². The number of thioether (sulfide) groups is 1. The molecule has 33 heavy (non-hydrogen) atoms. The zero-order valence-electron chi connectivity index (χ0n) is 17.3. The Morgan fingerprint density at radius 3 is 2.45 bits per heavy atom. The molecule has 0 spiro atoms. The molecule has 1 N–H and O–H groups in total. The number of fused-ring (bicyclic) bond motifs is 1. The average molecular weight is 479 g/mol. The molecule has 0 unspecified atom stereocenters. The molecule has 1 heterocycles. The fraction of sp³-hybridized carbons (Fsp3) is 0.0800. The first-order chi connectivity index (χ1) is 15.9. The second kappa shape index (κ2) is 8.53. The standard InChI is InChI=1S/C25H19FN2O3S2/c26-22-10-3-4-11-23(22)28-24(29)16-32-25(28)19-8-5-9-20(14-19)27-33(30,31)21-13-12-17-6-1-2-7-18(17)15-21/h1-15,25,27H,16H2/t25-/m1/s1. The van der Waals surface area contributed by atoms with Gasteiger partial charge in [0.1, 0.15) is 11.2 Å². The third-order valence-corrected chi connectivity index (χ3v) is 8.03. The van der Waals surface area contributed by atoms with E-state index in [-0.39, 0.29) is 22.2 Å². The van der Waals surface area contributed by atoms with Gasteiger partial charge >= 0.3 is 0 Å². The highest BCUT2D eigenvalue weighted by molar-refractivity contribution is 8.00. The van der Waals surface area contributed by atoms with Crippen molar-refractivity contribution < 1.29 is 17.6 Å². The van der Waals surface area contributed by atoms with Gasteiger partial charge in [0.15, 0.2) is 0 Å². The summed E-state index contributed by atoms with van der Waals surface area (Å²) in [7, 11) is -3.83. The number of hydrogen-bond donors (Lipinski definition) is 1. The van der Waals surface area contributed by atoms with Gasteiger partial charge in [-0.3, -0.25) is 14.4 Å². The number of nitrogens with zero attached hydrogens (tertiary/aromatic N) is 1. The van der Waals surface area contributed by atoms with E-state index in [4.69, 9.17) is 0 Å². The lowest BCUT2D eigenvalue weighted by Crippen LogP contribution is -2.28. The first kappa shape index (κ1) is 21.5. The van der Waals surface area contributed by atoms with Gasteiger partial charge in [-0.25, -0.2) is 12.8 Å². The zero-order valence-corrected chi connectivity index (χ0v) is 18.9. The number of carbonyl (C=O) groups excluding carboxylic acids is 1. The van der Waals surface area contributed by atoms with Gasteiger partial charge in [-0.2, -0.15) is 0 Å². The van der Waals surface area contributed by atoms with Crippen LogP contribution in [0.2, 0.25) is 0 Å². The van der Waals surface area contributed by atoms with Crippen molar-refractivity contribution in [1.29, 1.82) is 0 Å². The number of amides is 1. The van der Waals surface area contributed by atoms with E-state index in [0.717, 1.165) is 10.8 Å². The summed E-state index contributed by atoms with van der Waals surface area (Å²) < 4.78 is 43.1. The summed E-state index contributed by atoms with van der Waals surface area (Å²) in [4.78, 5) is 14.1. The molecule has 8 heteroatoms. The number of halogens is 1. The van der Waals surface area contributed by atoms with Gasteiger partial charge in [-0.1, -0.05) is 54.6 Å². The van der Waals surface area contributed by atoms with Gasteiger partial charge < -0.3 is 0 Å². The third-order valence-electron chi connectivity index (χ3n) is 5.44. The monoisotopic (exact) mass is 478 g/mol. The number of carbonyl (C=O) groups is 1. The normalized spacial score (nSPS) is 16.3. The van der Waals surface area contributed by atoms with Crippen LogP contribution in [0.3, 0.4) is 0 Å². The maximum atomic E-state index is 14.4. The Balaban J connectivity index is 1.45. The SMILES string of the molecule is O=C1CS[C@H](c2cccc(NS(=O)(=O)c3ccc4ccccc4c3)c2)N1c1ccccc1F. The minimum Gasteiger partial charge on any atom is -0.292 e. The molecule has 4 aromatic carbocycles. The van der Waals surface area contributed by atoms with Gasteiger partial charge in [0, 0.05) is 5.69 Å². The summed E-state index contributed by atoms with van der Waals surface area (Å²) in [5, 5.41) is 1.32. The summed E-state index contributed by atoms with van der Waals surface area (Å²) in [6, 6.07) is 25.5. The topological polar surface area (TPSA) is 66.5 Å². The summed E-state index contributed by atoms with van der Waals surface area (Å²) in [6.07, 6.45) is 0. The Labute approximate surface area is 195 Å². The molecule has 1 amide bonds. The lowest BCUT2D eigenvalue weighted by molar-refractivity contribution is -0.115. The second-order valence-corrected chi connectivity index (χ2v) is 10.4. The molecule has 0 radical (unpaired) electrons. The van der Waals surface area contributed by atoms with E-state index >= 15 is 0 Å². The molecule has 1 saturated heterocycles. The van der Waals surface area contributed by atoms with Crippen LogP contribution >= 0.6 is 11.8 Å². The van der Waals surface area contributed by atoms with Crippen molar-refractivity contribution in [2.45, 2.75) is 10.3 Å². The van der Waals surface area contributed by atoms with E-state index in [1.165, 1.54) is 22.7 Å². The minimum atomic E-state index is -3.83. The van der Waals surface area contributed by atoms with E-state index in [1.54, 1.807) is 60.7 Å². The zero-order chi connectivity index (χ0) is 23.0. The van der Waals surface area contributed by atoms with E-state index in [2.05, 4.69) is 4.72 Å². The highest BCUT2D eigenvalue weighted by Crippen LogP contribution is 2.43. The fourth-order valence-corrected chi connectivity index (χ4v) is 6.13. The third kappa shape index (κ3) is 4.19. The van der Waals surface area contributed by atoms with Crippen LogP contribution in [-0.4, -0.2) is 20.1 Å². The number of nitrogens with one attached hydrogen (secondary N) is 1. The van der Waals surface area contributed by atoms with Crippen LogP contribution in [-0.2, 0) is 14.8 Å². The second-order valence-electron chi connectivity index (χ2n) is 7.62. The summed E-state index contributed by atoms with van der Waals surface area (Å²) >= 11 is 1.37. The molecule has 1 fully saturated rings. The first-order valence-corrected chi connectivity index (χ1v) is 12.8. The van der Waals surface area contributed by atoms with E-state index in [0.29, 0.717) is 11.3 Å². The molecule has 0 bridgehead atoms. The van der Waals surface area contributed by atoms with Crippen molar-refractivity contribution in [3.63, 3.8) is 0 Å². The predicted molar refractivity (Wildman–Crippen MR) is 130 cm³/mol. The van der Waals surface area contributed by atoms with Gasteiger partial charge in [-0.15, -0.1) is 11.8 Å². The van der Waals surface area contributed by atoms with Crippen molar-refractivity contribution >= 4 is 49.8 Å². The van der Waals surface area contributed by atoms with Crippen molar-refractivity contribution in [2.75, 3.05) is 15.4 Å². The molecule has 4 aromatic rings. The smallest absolute Gasteiger partial charge is 0.261 e. The first-order valence-electron chi connectivity index (χ1n) is 10.2. The molecule has 1 aliphatic heterocycles. The lowest BCUT2D eigenvalue weighted by Gasteiger charge is -2.25. The minimum absolute atomic E-state index is 0.157. The van der Waals surface area contributed by atoms with Gasteiger partial charge in [-0.05, 0) is 52.7 Å². The van der Waals surface area contributed by atoms with Crippen molar-refractivity contribution in [3.8, 4) is 0 Å². The van der Waals surface area contributed by atoms with Gasteiger partial charge in [0.05, 0.1) is 16.3 Å². The quantitative estimate of drug-likeness (QED) is 0.408. The number of rotatable bonds is 5. The number of anilines is 2. The van der Waals surface area contributed by atoms with Crippen LogP contribution in [0.1, 0.15) is 10.9 Å². The van der Waals surface area contributed by atoms with Crippen LogP contribution < -0.4 is 9.62 Å². The van der Waals surface area contributed by atoms with E-state index < -0.39 is 21.2 Å². The molecule has 0 aliphatic carbocycles. The van der Waals surface area contributed by atoms with Crippen LogP contribution in [0, 0.1) is 5.82 Å². The van der Waals surface area contributed by atoms with Crippen molar-refractivity contribution in [3.05, 3.63) is 102 Å². The molecule has 0 aromatic heterocycles. The Hall–Kier alpha value is -3.36. The van der Waals surface area contributed by atoms with Crippen LogP contribution in [0.5, 0.6) is 0 Å². The Bertz CT molecular complexity index is 1470. The molecule has 0 saturated carbocycles. The fourth-order valence-electron chi connectivity index (χ4n) is 3.88. The maximum Gasteiger partial charge on any atom is 0.261 e. The van der Waals surface area contributed by atoms with Crippen LogP contribution in [0.25, 0.3) is 10.8 Å². The predicted octanol–water partition coefficient (Wildman–Crippen LogP) is 5.56. The summed E-state index contributed by atoms with van der Waals surface area (Å²) in [5.41, 5.74) is 1.28. The molecule has 166 valence electrons. The summed E-state index contributed by atoms with van der Waals surface area (Å²) in [5.74, 6) is -0.463.